The molecule has 0 fully saturated rings. The van der Waals surface area contributed by atoms with Crippen LogP contribution >= 0.6 is 0 Å². The lowest BCUT2D eigenvalue weighted by atomic mass is 10.2. The van der Waals surface area contributed by atoms with Gasteiger partial charge in [0.2, 0.25) is 11.8 Å². The van der Waals surface area contributed by atoms with Crippen LogP contribution < -0.4 is 10.6 Å². The van der Waals surface area contributed by atoms with Crippen molar-refractivity contribution in [3.63, 3.8) is 0 Å². The number of esters is 1. The number of aromatic nitrogens is 1. The van der Waals surface area contributed by atoms with Crippen molar-refractivity contribution < 1.29 is 19.1 Å². The number of methoxy groups -OCH3 is 1. The van der Waals surface area contributed by atoms with Crippen LogP contribution in [-0.2, 0) is 25.7 Å². The molecule has 2 N–H and O–H groups in total. The van der Waals surface area contributed by atoms with E-state index in [9.17, 15) is 14.4 Å². The minimum atomic E-state index is -0.622. The summed E-state index contributed by atoms with van der Waals surface area (Å²) < 4.78 is 4.44. The third-order valence-corrected chi connectivity index (χ3v) is 5.23. The molecule has 0 bridgehead atoms. The van der Waals surface area contributed by atoms with Gasteiger partial charge < -0.3 is 15.4 Å². The maximum absolute atomic E-state index is 12.1. The third-order valence-electron chi connectivity index (χ3n) is 5.23. The molecule has 7 nitrogen and oxygen atoms in total. The molecule has 0 aliphatic carbocycles. The van der Waals surface area contributed by atoms with Gasteiger partial charge in [-0.3, -0.25) is 9.59 Å². The Morgan fingerprint density at radius 1 is 0.775 bits per heavy atom. The van der Waals surface area contributed by atoms with E-state index in [0.717, 1.165) is 50.7 Å². The molecule has 2 amide bonds. The Hall–Kier alpha value is -4.26. The number of amides is 2. The summed E-state index contributed by atoms with van der Waals surface area (Å²) in [6.45, 7) is 2.40. The summed E-state index contributed by atoms with van der Waals surface area (Å²) in [4.78, 5) is 39.3. The molecule has 0 unspecified atom stereocenters. The van der Waals surface area contributed by atoms with Gasteiger partial charge in [-0.1, -0.05) is 85.9 Å². The summed E-state index contributed by atoms with van der Waals surface area (Å²) in [5.41, 5.74) is 0.608. The van der Waals surface area contributed by atoms with Crippen molar-refractivity contribution in [3.05, 3.63) is 109 Å². The predicted octanol–water partition coefficient (Wildman–Crippen LogP) is 6.84. The molecule has 0 spiro atoms. The molecule has 0 aromatic carbocycles. The summed E-state index contributed by atoms with van der Waals surface area (Å²) in [5, 5.41) is 5.39. The fourth-order valence-electron chi connectivity index (χ4n) is 3.16. The van der Waals surface area contributed by atoms with E-state index in [2.05, 4.69) is 94.1 Å². The smallest absolute Gasteiger partial charge is 0.330 e. The molecule has 7 heteroatoms. The number of nitrogens with zero attached hydrogens (tertiary/aromatic N) is 1. The summed E-state index contributed by atoms with van der Waals surface area (Å²) in [5.74, 6) is -0.875. The first kappa shape index (κ1) is 33.8. The van der Waals surface area contributed by atoms with Crippen molar-refractivity contribution in [2.24, 2.45) is 0 Å². The number of hydrogen-bond acceptors (Lipinski definition) is 5. The molecular weight excluding hydrogens is 502 g/mol. The Bertz CT molecular complexity index is 1090. The Kier molecular flexibility index (Phi) is 20.1. The SMILES string of the molecule is CC/C=C\C/C=C\C/C=C\C/C=C\C/C=C\C/C=C\CCC(=O)NCc1cccc(NC(=O)C=CC(=O)OC)n1. The van der Waals surface area contributed by atoms with Crippen LogP contribution in [0.1, 0.15) is 64.0 Å². The van der Waals surface area contributed by atoms with E-state index in [1.807, 2.05) is 6.08 Å². The molecular formula is C33H43N3O4. The second-order valence-electron chi connectivity index (χ2n) is 8.59. The summed E-state index contributed by atoms with van der Waals surface area (Å²) >= 11 is 0. The van der Waals surface area contributed by atoms with Crippen LogP contribution in [0, 0.1) is 0 Å². The van der Waals surface area contributed by atoms with E-state index >= 15 is 0 Å². The highest BCUT2D eigenvalue weighted by Gasteiger charge is 2.04. The number of pyridine rings is 1. The zero-order valence-corrected chi connectivity index (χ0v) is 23.8. The van der Waals surface area contributed by atoms with Gasteiger partial charge in [-0.05, 0) is 57.1 Å². The van der Waals surface area contributed by atoms with Gasteiger partial charge in [-0.15, -0.1) is 0 Å². The first-order valence-electron chi connectivity index (χ1n) is 13.7. The molecule has 0 aliphatic rings. The highest BCUT2D eigenvalue weighted by atomic mass is 16.5. The minimum Gasteiger partial charge on any atom is -0.466 e. The second-order valence-corrected chi connectivity index (χ2v) is 8.59. The van der Waals surface area contributed by atoms with Crippen LogP contribution in [0.15, 0.2) is 103 Å². The number of nitrogens with one attached hydrogen (secondary N) is 2. The summed E-state index contributed by atoms with van der Waals surface area (Å²) in [7, 11) is 1.23. The molecule has 214 valence electrons. The van der Waals surface area contributed by atoms with Gasteiger partial charge in [-0.2, -0.15) is 0 Å². The van der Waals surface area contributed by atoms with Crippen molar-refractivity contribution in [3.8, 4) is 0 Å². The van der Waals surface area contributed by atoms with Crippen LogP contribution in [0.4, 0.5) is 5.82 Å². The molecule has 0 saturated heterocycles. The molecule has 1 aromatic heterocycles. The van der Waals surface area contributed by atoms with Crippen LogP contribution in [0.25, 0.3) is 0 Å². The third kappa shape index (κ3) is 19.8. The van der Waals surface area contributed by atoms with Crippen molar-refractivity contribution in [2.75, 3.05) is 12.4 Å². The van der Waals surface area contributed by atoms with E-state index in [1.54, 1.807) is 18.2 Å². The minimum absolute atomic E-state index is 0.0724. The quantitative estimate of drug-likeness (QED) is 0.113. The van der Waals surface area contributed by atoms with Crippen LogP contribution in [0.5, 0.6) is 0 Å². The number of carbonyl (C=O) groups is 3. The highest BCUT2D eigenvalue weighted by Crippen LogP contribution is 2.05. The van der Waals surface area contributed by atoms with Crippen molar-refractivity contribution in [1.29, 1.82) is 0 Å². The van der Waals surface area contributed by atoms with Crippen molar-refractivity contribution in [2.45, 2.75) is 64.8 Å². The van der Waals surface area contributed by atoms with Crippen molar-refractivity contribution >= 4 is 23.6 Å². The number of carbonyl (C=O) groups excluding carboxylic acids is 3. The normalized spacial score (nSPS) is 12.2. The molecule has 40 heavy (non-hydrogen) atoms. The largest absolute Gasteiger partial charge is 0.466 e. The number of rotatable bonds is 19. The van der Waals surface area contributed by atoms with Crippen LogP contribution in [0.2, 0.25) is 0 Å². The summed E-state index contributed by atoms with van der Waals surface area (Å²) in [6, 6.07) is 5.11. The molecule has 0 aliphatic heterocycles. The number of hydrogen-bond donors (Lipinski definition) is 2. The van der Waals surface area contributed by atoms with E-state index in [0.29, 0.717) is 24.4 Å². The van der Waals surface area contributed by atoms with E-state index in [-0.39, 0.29) is 12.5 Å². The van der Waals surface area contributed by atoms with E-state index in [4.69, 9.17) is 0 Å². The Labute approximate surface area is 239 Å². The van der Waals surface area contributed by atoms with Gasteiger partial charge in [0.05, 0.1) is 19.3 Å². The lowest BCUT2D eigenvalue weighted by molar-refractivity contribution is -0.135. The number of ether oxygens (including phenoxy) is 1. The van der Waals surface area contributed by atoms with Crippen LogP contribution in [0.3, 0.4) is 0 Å². The topological polar surface area (TPSA) is 97.4 Å². The van der Waals surface area contributed by atoms with Crippen molar-refractivity contribution in [1.82, 2.24) is 10.3 Å². The first-order valence-corrected chi connectivity index (χ1v) is 13.7. The Morgan fingerprint density at radius 2 is 1.32 bits per heavy atom. The predicted molar refractivity (Wildman–Crippen MR) is 163 cm³/mol. The fraction of sp³-hybridized carbons (Fsp3) is 0.333. The van der Waals surface area contributed by atoms with Gasteiger partial charge in [0.25, 0.3) is 0 Å². The molecule has 0 radical (unpaired) electrons. The first-order chi connectivity index (χ1) is 19.5. The average molecular weight is 546 g/mol. The zero-order chi connectivity index (χ0) is 29.1. The Balaban J connectivity index is 2.15. The molecule has 1 rings (SSSR count). The van der Waals surface area contributed by atoms with Gasteiger partial charge in [-0.25, -0.2) is 9.78 Å². The lowest BCUT2D eigenvalue weighted by Crippen LogP contribution is -2.23. The van der Waals surface area contributed by atoms with E-state index < -0.39 is 11.9 Å². The maximum Gasteiger partial charge on any atom is 0.330 e. The highest BCUT2D eigenvalue weighted by molar-refractivity contribution is 6.02. The Morgan fingerprint density at radius 3 is 1.88 bits per heavy atom. The molecule has 1 aromatic rings. The van der Waals surface area contributed by atoms with Gasteiger partial charge in [0, 0.05) is 18.6 Å². The fourth-order valence-corrected chi connectivity index (χ4v) is 3.16. The molecule has 1 heterocycles. The second kappa shape index (κ2) is 23.8. The maximum atomic E-state index is 12.1. The van der Waals surface area contributed by atoms with Gasteiger partial charge >= 0.3 is 5.97 Å². The number of allylic oxidation sites excluding steroid dienone is 12. The van der Waals surface area contributed by atoms with E-state index in [1.165, 1.54) is 7.11 Å². The molecule has 0 atom stereocenters. The monoisotopic (exact) mass is 545 g/mol. The molecule has 0 saturated carbocycles. The van der Waals surface area contributed by atoms with Gasteiger partial charge in [0.15, 0.2) is 0 Å². The van der Waals surface area contributed by atoms with Crippen LogP contribution in [-0.4, -0.2) is 29.9 Å². The summed E-state index contributed by atoms with van der Waals surface area (Å²) in [6.07, 6.45) is 34.8. The van der Waals surface area contributed by atoms with Gasteiger partial charge in [0.1, 0.15) is 5.82 Å². The zero-order valence-electron chi connectivity index (χ0n) is 23.8. The lowest BCUT2D eigenvalue weighted by Gasteiger charge is -2.06. The average Bonchev–Trinajstić information content (AvgIpc) is 2.96. The standard InChI is InChI=1S/C33H43N3O4/c1-3-4-5-6-7-8-9-10-11-12-13-14-15-16-17-18-19-20-21-25-31(37)34-28-29-23-22-24-30(35-29)36-32(38)26-27-33(39)40-2/h4-5,7-8,10-11,13-14,16-17,19-20,22-24,26-27H,3,6,9,12,15,18,21,25,28H2,1-2H3,(H,34,37)(H,35,36,38)/b5-4-,8-7-,11-10-,14-13-,17-16-,20-19-,27-26?. The number of anilines is 1.